The van der Waals surface area contributed by atoms with Crippen LogP contribution in [0.2, 0.25) is 0 Å². The Balaban J connectivity index is 1.17. The van der Waals surface area contributed by atoms with Crippen LogP contribution < -0.4 is 4.90 Å². The highest BCUT2D eigenvalue weighted by atomic mass is 15.1. The molecule has 48 heavy (non-hydrogen) atoms. The van der Waals surface area contributed by atoms with Crippen molar-refractivity contribution in [3.05, 3.63) is 168 Å². The number of para-hydroxylation sites is 4. The van der Waals surface area contributed by atoms with Crippen molar-refractivity contribution in [2.24, 2.45) is 0 Å². The highest BCUT2D eigenvalue weighted by molar-refractivity contribution is 6.15. The van der Waals surface area contributed by atoms with E-state index < -0.39 is 0 Å². The van der Waals surface area contributed by atoms with Crippen LogP contribution in [-0.4, -0.2) is 4.57 Å². The fourth-order valence-corrected chi connectivity index (χ4v) is 8.80. The van der Waals surface area contributed by atoms with E-state index in [1.54, 1.807) is 0 Å². The summed E-state index contributed by atoms with van der Waals surface area (Å²) >= 11 is 0. The molecule has 0 unspecified atom stereocenters. The number of hydrogen-bond acceptors (Lipinski definition) is 1. The van der Waals surface area contributed by atoms with Crippen LogP contribution in [0.15, 0.2) is 146 Å². The van der Waals surface area contributed by atoms with Gasteiger partial charge in [0.05, 0.1) is 16.7 Å². The zero-order valence-corrected chi connectivity index (χ0v) is 27.8. The van der Waals surface area contributed by atoms with Gasteiger partial charge in [-0.2, -0.15) is 0 Å². The third kappa shape index (κ3) is 3.58. The van der Waals surface area contributed by atoms with Crippen LogP contribution in [-0.2, 0) is 10.8 Å². The van der Waals surface area contributed by atoms with Crippen molar-refractivity contribution in [2.45, 2.75) is 38.5 Å². The molecule has 0 amide bonds. The summed E-state index contributed by atoms with van der Waals surface area (Å²) in [5, 5.41) is 5.17. The lowest BCUT2D eigenvalue weighted by Crippen LogP contribution is -2.33. The predicted molar refractivity (Wildman–Crippen MR) is 203 cm³/mol. The standard InChI is InChI=1S/C46H36N2/c1-45(2)38-18-11-17-36-37-27-32(28-41-43(37)48(42(36)38)44-39(45)19-12-20-40(44)46(41,3)4)30-21-22-31-26-35(24-23-29(31)25-30)47(33-13-7-5-8-14-33)34-15-9-6-10-16-34/h5-28H,1-4H3. The highest BCUT2D eigenvalue weighted by Crippen LogP contribution is 2.55. The SMILES string of the molecule is CC1(C)c2cccc3c2-n2c4c1cccc4c1cc(-c4ccc5cc(N(c6ccccc6)c6ccccc6)ccc5c4)cc(c12)C3(C)C. The lowest BCUT2D eigenvalue weighted by atomic mass is 9.68. The average Bonchev–Trinajstić information content (AvgIpc) is 3.45. The normalized spacial score (nSPS) is 15.0. The molecule has 0 saturated heterocycles. The monoisotopic (exact) mass is 616 g/mol. The Morgan fingerprint density at radius 2 is 1.00 bits per heavy atom. The van der Waals surface area contributed by atoms with Gasteiger partial charge in [-0.25, -0.2) is 0 Å². The van der Waals surface area contributed by atoms with Gasteiger partial charge in [0.1, 0.15) is 0 Å². The molecular weight excluding hydrogens is 581 g/mol. The quantitative estimate of drug-likeness (QED) is 0.191. The second kappa shape index (κ2) is 9.49. The van der Waals surface area contributed by atoms with Crippen LogP contribution in [0.25, 0.3) is 49.4 Å². The van der Waals surface area contributed by atoms with E-state index in [9.17, 15) is 0 Å². The van der Waals surface area contributed by atoms with Crippen molar-refractivity contribution in [3.8, 4) is 16.8 Å². The molecule has 0 saturated carbocycles. The fourth-order valence-electron chi connectivity index (χ4n) is 8.80. The van der Waals surface area contributed by atoms with Crippen LogP contribution in [0.4, 0.5) is 17.1 Å². The Hall–Kier alpha value is -5.60. The van der Waals surface area contributed by atoms with E-state index in [4.69, 9.17) is 0 Å². The molecule has 7 aromatic carbocycles. The first-order valence-corrected chi connectivity index (χ1v) is 17.0. The molecule has 2 aliphatic rings. The number of hydrogen-bond donors (Lipinski definition) is 0. The molecule has 2 heteroatoms. The average molecular weight is 617 g/mol. The van der Waals surface area contributed by atoms with Gasteiger partial charge in [0.25, 0.3) is 0 Å². The minimum atomic E-state index is -0.137. The molecule has 1 aromatic heterocycles. The van der Waals surface area contributed by atoms with Crippen molar-refractivity contribution in [1.82, 2.24) is 4.57 Å². The number of nitrogens with zero attached hydrogens (tertiary/aromatic N) is 2. The van der Waals surface area contributed by atoms with Crippen LogP contribution in [0.5, 0.6) is 0 Å². The van der Waals surface area contributed by atoms with Crippen molar-refractivity contribution >= 4 is 49.6 Å². The molecule has 0 spiro atoms. The third-order valence-corrected chi connectivity index (χ3v) is 11.3. The van der Waals surface area contributed by atoms with Crippen molar-refractivity contribution in [3.63, 3.8) is 0 Å². The minimum Gasteiger partial charge on any atom is -0.310 e. The Labute approximate surface area is 281 Å². The van der Waals surface area contributed by atoms with E-state index in [1.165, 1.54) is 71.6 Å². The number of aromatic nitrogens is 1. The van der Waals surface area contributed by atoms with Gasteiger partial charge in [0.2, 0.25) is 0 Å². The van der Waals surface area contributed by atoms with Gasteiger partial charge >= 0.3 is 0 Å². The maximum Gasteiger partial charge on any atom is 0.0582 e. The predicted octanol–water partition coefficient (Wildman–Crippen LogP) is 12.4. The summed E-state index contributed by atoms with van der Waals surface area (Å²) < 4.78 is 2.60. The van der Waals surface area contributed by atoms with Gasteiger partial charge in [0, 0.05) is 38.7 Å². The first-order valence-electron chi connectivity index (χ1n) is 17.0. The van der Waals surface area contributed by atoms with Crippen LogP contribution in [0, 0.1) is 0 Å². The summed E-state index contributed by atoms with van der Waals surface area (Å²) in [4.78, 5) is 2.33. The maximum absolute atomic E-state index is 2.60. The minimum absolute atomic E-state index is 0.0700. The van der Waals surface area contributed by atoms with Gasteiger partial charge in [-0.1, -0.05) is 119 Å². The lowest BCUT2D eigenvalue weighted by molar-refractivity contribution is 0.594. The lowest BCUT2D eigenvalue weighted by Gasteiger charge is -2.42. The number of rotatable bonds is 4. The van der Waals surface area contributed by atoms with E-state index in [1.807, 2.05) is 0 Å². The Bertz CT molecular complexity index is 2560. The zero-order chi connectivity index (χ0) is 32.4. The molecule has 0 atom stereocenters. The molecule has 3 heterocycles. The van der Waals surface area contributed by atoms with Gasteiger partial charge in [0.15, 0.2) is 0 Å². The molecule has 8 aromatic rings. The summed E-state index contributed by atoms with van der Waals surface area (Å²) in [6, 6.07) is 53.9. The highest BCUT2D eigenvalue weighted by Gasteiger charge is 2.43. The van der Waals surface area contributed by atoms with Crippen LogP contribution in [0.1, 0.15) is 49.9 Å². The Morgan fingerprint density at radius 1 is 0.417 bits per heavy atom. The molecule has 0 aliphatic carbocycles. The van der Waals surface area contributed by atoms with E-state index >= 15 is 0 Å². The molecule has 2 nitrogen and oxygen atoms in total. The van der Waals surface area contributed by atoms with E-state index in [-0.39, 0.29) is 10.8 Å². The van der Waals surface area contributed by atoms with Gasteiger partial charge in [-0.05, 0) is 98.8 Å². The molecule has 0 fully saturated rings. The molecule has 0 N–H and O–H groups in total. The second-order valence-corrected chi connectivity index (χ2v) is 14.7. The largest absolute Gasteiger partial charge is 0.310 e. The molecule has 2 aliphatic heterocycles. The summed E-state index contributed by atoms with van der Waals surface area (Å²) in [7, 11) is 0. The van der Waals surface area contributed by atoms with Crippen molar-refractivity contribution in [1.29, 1.82) is 0 Å². The van der Waals surface area contributed by atoms with Gasteiger partial charge in [-0.15, -0.1) is 0 Å². The molecule has 10 rings (SSSR count). The van der Waals surface area contributed by atoms with Crippen molar-refractivity contribution in [2.75, 3.05) is 4.90 Å². The van der Waals surface area contributed by atoms with E-state index in [2.05, 4.69) is 183 Å². The van der Waals surface area contributed by atoms with E-state index in [0.717, 1.165) is 17.1 Å². The summed E-state index contributed by atoms with van der Waals surface area (Å²) in [6.07, 6.45) is 0. The topological polar surface area (TPSA) is 8.17 Å². The zero-order valence-electron chi connectivity index (χ0n) is 27.8. The molecular formula is C46H36N2. The fraction of sp³-hybridized carbons (Fsp3) is 0.130. The Kier molecular flexibility index (Phi) is 5.44. The maximum atomic E-state index is 2.60. The molecule has 0 bridgehead atoms. The van der Waals surface area contributed by atoms with Crippen molar-refractivity contribution < 1.29 is 0 Å². The summed E-state index contributed by atoms with van der Waals surface area (Å²) in [5.74, 6) is 0. The summed E-state index contributed by atoms with van der Waals surface area (Å²) in [6.45, 7) is 9.62. The third-order valence-electron chi connectivity index (χ3n) is 11.3. The number of benzene rings is 7. The molecule has 0 radical (unpaired) electrons. The van der Waals surface area contributed by atoms with Gasteiger partial charge in [-0.3, -0.25) is 0 Å². The molecule has 230 valence electrons. The second-order valence-electron chi connectivity index (χ2n) is 14.7. The van der Waals surface area contributed by atoms with Crippen LogP contribution >= 0.6 is 0 Å². The van der Waals surface area contributed by atoms with E-state index in [0.29, 0.717) is 0 Å². The first-order chi connectivity index (χ1) is 23.3. The number of fused-ring (bicyclic) bond motifs is 2. The van der Waals surface area contributed by atoms with Gasteiger partial charge < -0.3 is 9.47 Å². The summed E-state index contributed by atoms with van der Waals surface area (Å²) in [5.41, 5.74) is 15.5. The Morgan fingerprint density at radius 3 is 1.71 bits per heavy atom. The first kappa shape index (κ1) is 27.5. The number of anilines is 3. The smallest absolute Gasteiger partial charge is 0.0582 e. The van der Waals surface area contributed by atoms with Crippen LogP contribution in [0.3, 0.4) is 0 Å².